The summed E-state index contributed by atoms with van der Waals surface area (Å²) in [6.45, 7) is 10.0. The molecule has 1 amide bonds. The Hall–Kier alpha value is -0.580. The van der Waals surface area contributed by atoms with Gasteiger partial charge in [0.05, 0.1) is 5.97 Å². The van der Waals surface area contributed by atoms with E-state index >= 15 is 0 Å². The van der Waals surface area contributed by atoms with E-state index in [1.807, 2.05) is 13.8 Å². The molecule has 5 heteroatoms. The van der Waals surface area contributed by atoms with Gasteiger partial charge in [0, 0.05) is 6.04 Å². The smallest absolute Gasteiger partial charge is 0.545 e. The van der Waals surface area contributed by atoms with Crippen LogP contribution in [0.5, 0.6) is 0 Å². The number of carbonyl (C=O) groups excluding carboxylic acids is 2. The van der Waals surface area contributed by atoms with Crippen LogP contribution in [-0.2, 0) is 9.59 Å². The standard InChI is InChI=1S/C6H11NO.C3H4O2.Na/c1-4-6(8)7-5(2)3;1-2-3(4)5;/h4-5H,1H2,2-3H3,(H,7,8);2H,1H2,(H,4,5);/q;;+1/p-1. The molecule has 4 nitrogen and oxygen atoms in total. The first-order chi connectivity index (χ1) is 5.93. The molecule has 0 saturated heterocycles. The van der Waals surface area contributed by atoms with E-state index in [0.717, 1.165) is 6.08 Å². The summed E-state index contributed by atoms with van der Waals surface area (Å²) in [6, 6.07) is 0.209. The molecule has 0 aromatic rings. The quantitative estimate of drug-likeness (QED) is 0.388. The van der Waals surface area contributed by atoms with Crippen LogP contribution in [0.15, 0.2) is 25.3 Å². The van der Waals surface area contributed by atoms with Crippen LogP contribution >= 0.6 is 0 Å². The molecule has 0 aliphatic rings. The van der Waals surface area contributed by atoms with Gasteiger partial charge in [0.15, 0.2) is 0 Å². The molecule has 0 rings (SSSR count). The van der Waals surface area contributed by atoms with Crippen LogP contribution in [0, 0.1) is 0 Å². The Balaban J connectivity index is -0.000000177. The maximum atomic E-state index is 10.4. The van der Waals surface area contributed by atoms with Crippen LogP contribution in [0.25, 0.3) is 0 Å². The number of carbonyl (C=O) groups is 2. The summed E-state index contributed by atoms with van der Waals surface area (Å²) in [4.78, 5) is 19.5. The maximum Gasteiger partial charge on any atom is 1.00 e. The number of aliphatic carboxylic acids is 1. The number of amides is 1. The van der Waals surface area contributed by atoms with E-state index in [1.54, 1.807) is 0 Å². The predicted octanol–water partition coefficient (Wildman–Crippen LogP) is -3.38. The minimum atomic E-state index is -1.23. The van der Waals surface area contributed by atoms with Gasteiger partial charge in [0.2, 0.25) is 5.91 Å². The number of rotatable bonds is 3. The van der Waals surface area contributed by atoms with Crippen LogP contribution in [0.4, 0.5) is 0 Å². The summed E-state index contributed by atoms with van der Waals surface area (Å²) in [5, 5.41) is 11.8. The van der Waals surface area contributed by atoms with E-state index < -0.39 is 5.97 Å². The fourth-order valence-electron chi connectivity index (χ4n) is 0.343. The van der Waals surface area contributed by atoms with Gasteiger partial charge in [-0.2, -0.15) is 0 Å². The van der Waals surface area contributed by atoms with Gasteiger partial charge in [-0.3, -0.25) is 4.79 Å². The first-order valence-electron chi connectivity index (χ1n) is 3.70. The van der Waals surface area contributed by atoms with Gasteiger partial charge in [-0.25, -0.2) is 0 Å². The van der Waals surface area contributed by atoms with Crippen molar-refractivity contribution in [2.24, 2.45) is 0 Å². The molecule has 0 aliphatic carbocycles. The Morgan fingerprint density at radius 3 is 1.71 bits per heavy atom. The minimum Gasteiger partial charge on any atom is -0.545 e. The molecule has 0 radical (unpaired) electrons. The molecular weight excluding hydrogens is 193 g/mol. The summed E-state index contributed by atoms with van der Waals surface area (Å²) in [7, 11) is 0. The topological polar surface area (TPSA) is 69.2 Å². The van der Waals surface area contributed by atoms with Crippen LogP contribution in [0.3, 0.4) is 0 Å². The van der Waals surface area contributed by atoms with E-state index in [0.29, 0.717) is 0 Å². The maximum absolute atomic E-state index is 10.4. The summed E-state index contributed by atoms with van der Waals surface area (Å²) in [6.07, 6.45) is 1.99. The third kappa shape index (κ3) is 22.5. The van der Waals surface area contributed by atoms with Crippen molar-refractivity contribution in [3.05, 3.63) is 25.3 Å². The number of nitrogens with one attached hydrogen (secondary N) is 1. The molecular formula is C9H14NNaO3. The van der Waals surface area contributed by atoms with Gasteiger partial charge in [-0.05, 0) is 26.0 Å². The van der Waals surface area contributed by atoms with E-state index in [-0.39, 0.29) is 41.5 Å². The third-order valence-corrected chi connectivity index (χ3v) is 0.783. The van der Waals surface area contributed by atoms with Crippen molar-refractivity contribution in [1.82, 2.24) is 5.32 Å². The third-order valence-electron chi connectivity index (χ3n) is 0.783. The monoisotopic (exact) mass is 207 g/mol. The van der Waals surface area contributed by atoms with Gasteiger partial charge in [0.25, 0.3) is 0 Å². The molecule has 0 fully saturated rings. The number of hydrogen-bond donors (Lipinski definition) is 1. The fraction of sp³-hybridized carbons (Fsp3) is 0.333. The van der Waals surface area contributed by atoms with Crippen molar-refractivity contribution in [3.63, 3.8) is 0 Å². The Morgan fingerprint density at radius 1 is 1.29 bits per heavy atom. The van der Waals surface area contributed by atoms with Gasteiger partial charge >= 0.3 is 29.6 Å². The molecule has 0 saturated carbocycles. The van der Waals surface area contributed by atoms with Crippen LogP contribution < -0.4 is 40.0 Å². The molecule has 1 N–H and O–H groups in total. The largest absolute Gasteiger partial charge is 1.00 e. The zero-order valence-corrected chi connectivity index (χ0v) is 10.9. The van der Waals surface area contributed by atoms with E-state index in [9.17, 15) is 4.79 Å². The average Bonchev–Trinajstić information content (AvgIpc) is 2.04. The van der Waals surface area contributed by atoms with Crippen LogP contribution in [0.1, 0.15) is 13.8 Å². The minimum absolute atomic E-state index is 0. The Morgan fingerprint density at radius 2 is 1.64 bits per heavy atom. The molecule has 0 aliphatic heterocycles. The van der Waals surface area contributed by atoms with Crippen LogP contribution in [0.2, 0.25) is 0 Å². The van der Waals surface area contributed by atoms with E-state index in [2.05, 4.69) is 18.5 Å². The number of hydrogen-bond acceptors (Lipinski definition) is 3. The Bertz CT molecular complexity index is 202. The van der Waals surface area contributed by atoms with Gasteiger partial charge in [-0.15, -0.1) is 0 Å². The van der Waals surface area contributed by atoms with Gasteiger partial charge < -0.3 is 15.2 Å². The van der Waals surface area contributed by atoms with E-state index in [4.69, 9.17) is 9.90 Å². The molecule has 0 heterocycles. The Kier molecular flexibility index (Phi) is 16.9. The summed E-state index contributed by atoms with van der Waals surface area (Å²) in [5.74, 6) is -1.34. The van der Waals surface area contributed by atoms with Gasteiger partial charge in [0.1, 0.15) is 0 Å². The summed E-state index contributed by atoms with van der Waals surface area (Å²) in [5.41, 5.74) is 0. The van der Waals surface area contributed by atoms with Gasteiger partial charge in [-0.1, -0.05) is 13.2 Å². The molecule has 0 aromatic heterocycles. The molecule has 0 atom stereocenters. The molecule has 74 valence electrons. The normalized spacial score (nSPS) is 7.36. The van der Waals surface area contributed by atoms with Crippen molar-refractivity contribution >= 4 is 11.9 Å². The van der Waals surface area contributed by atoms with Crippen LogP contribution in [-0.4, -0.2) is 17.9 Å². The second-order valence-corrected chi connectivity index (χ2v) is 2.39. The zero-order chi connectivity index (χ0) is 10.9. The van der Waals surface area contributed by atoms with Crippen molar-refractivity contribution in [2.45, 2.75) is 19.9 Å². The second-order valence-electron chi connectivity index (χ2n) is 2.39. The SMILES string of the molecule is C=CC(=O)NC(C)C.C=CC(=O)[O-].[Na+]. The number of carboxylic acids is 1. The molecule has 14 heavy (non-hydrogen) atoms. The summed E-state index contributed by atoms with van der Waals surface area (Å²) < 4.78 is 0. The second kappa shape index (κ2) is 12.4. The first-order valence-corrected chi connectivity index (χ1v) is 3.70. The summed E-state index contributed by atoms with van der Waals surface area (Å²) >= 11 is 0. The van der Waals surface area contributed by atoms with Crippen molar-refractivity contribution in [3.8, 4) is 0 Å². The first kappa shape index (κ1) is 19.1. The average molecular weight is 207 g/mol. The van der Waals surface area contributed by atoms with E-state index in [1.165, 1.54) is 6.08 Å². The zero-order valence-electron chi connectivity index (χ0n) is 8.87. The Labute approximate surface area is 106 Å². The molecule has 0 spiro atoms. The predicted molar refractivity (Wildman–Crippen MR) is 48.7 cm³/mol. The molecule has 0 bridgehead atoms. The van der Waals surface area contributed by atoms with Crippen molar-refractivity contribution in [1.29, 1.82) is 0 Å². The molecule has 0 unspecified atom stereocenters. The van der Waals surface area contributed by atoms with Crippen molar-refractivity contribution < 1.29 is 44.3 Å². The number of carboxylic acid groups (broad SMARTS) is 1. The fourth-order valence-corrected chi connectivity index (χ4v) is 0.343. The van der Waals surface area contributed by atoms with Crippen molar-refractivity contribution in [2.75, 3.05) is 0 Å². The molecule has 0 aromatic carbocycles.